The van der Waals surface area contributed by atoms with Crippen LogP contribution in [0.1, 0.15) is 6.92 Å². The molecule has 0 unspecified atom stereocenters. The molecule has 50 valence electrons. The van der Waals surface area contributed by atoms with E-state index in [-0.39, 0.29) is 6.92 Å². The maximum atomic E-state index is 11.5. The van der Waals surface area contributed by atoms with Gasteiger partial charge in [-0.3, -0.25) is 4.57 Å². The first-order valence-corrected chi connectivity index (χ1v) is 3.30. The molecule has 0 saturated heterocycles. The molecule has 0 saturated carbocycles. The Labute approximate surface area is 44.5 Å². The van der Waals surface area contributed by atoms with E-state index in [1.165, 1.54) is 0 Å². The number of hydrogen-bond acceptors (Lipinski definition) is 1. The Balaban J connectivity index is 4.26. The first kappa shape index (κ1) is 8.01. The van der Waals surface area contributed by atoms with Crippen LogP contribution in [-0.2, 0) is 4.57 Å². The normalized spacial score (nSPS) is 14.1. The van der Waals surface area contributed by atoms with Crippen molar-refractivity contribution in [2.45, 2.75) is 12.6 Å². The zero-order valence-electron chi connectivity index (χ0n) is 4.01. The van der Waals surface area contributed by atoms with Gasteiger partial charge < -0.3 is 9.79 Å². The van der Waals surface area contributed by atoms with Crippen LogP contribution in [0.4, 0.5) is 8.78 Å². The Bertz CT molecular complexity index is 122. The van der Waals surface area contributed by atoms with Gasteiger partial charge in [-0.15, -0.1) is 0 Å². The fourth-order valence-corrected chi connectivity index (χ4v) is 0. The van der Waals surface area contributed by atoms with Gasteiger partial charge in [-0.25, -0.2) is 0 Å². The molecular formula is C2H5F2O3P. The lowest BCUT2D eigenvalue weighted by Crippen LogP contribution is -2.08. The molecule has 0 aromatic heterocycles. The second-order valence-corrected chi connectivity index (χ2v) is 3.26. The van der Waals surface area contributed by atoms with Crippen molar-refractivity contribution in [3.05, 3.63) is 0 Å². The molecule has 0 atom stereocenters. The van der Waals surface area contributed by atoms with E-state index in [1.54, 1.807) is 0 Å². The fraction of sp³-hybridized carbons (Fsp3) is 1.00. The van der Waals surface area contributed by atoms with Crippen molar-refractivity contribution in [1.82, 2.24) is 0 Å². The largest absolute Gasteiger partial charge is 0.394 e. The third-order valence-corrected chi connectivity index (χ3v) is 1.53. The second kappa shape index (κ2) is 1.76. The van der Waals surface area contributed by atoms with Gasteiger partial charge in [0.15, 0.2) is 0 Å². The minimum Gasteiger partial charge on any atom is -0.320 e. The fourth-order valence-electron chi connectivity index (χ4n) is 0. The second-order valence-electron chi connectivity index (χ2n) is 1.39. The molecule has 0 amide bonds. The van der Waals surface area contributed by atoms with Crippen molar-refractivity contribution < 1.29 is 23.1 Å². The standard InChI is InChI=1S/C2H5F2O3P/c1-2(3,4)8(5,6)7/h1H3,(H2,5,6,7). The van der Waals surface area contributed by atoms with Crippen LogP contribution in [0.15, 0.2) is 0 Å². The van der Waals surface area contributed by atoms with Gasteiger partial charge >= 0.3 is 13.3 Å². The first-order valence-electron chi connectivity index (χ1n) is 1.68. The highest BCUT2D eigenvalue weighted by atomic mass is 31.2. The predicted octanol–water partition coefficient (Wildman–Crippen LogP) is 0.777. The van der Waals surface area contributed by atoms with Gasteiger partial charge in [0.25, 0.3) is 0 Å². The number of rotatable bonds is 1. The zero-order valence-corrected chi connectivity index (χ0v) is 4.90. The van der Waals surface area contributed by atoms with Crippen molar-refractivity contribution in [3.63, 3.8) is 0 Å². The Morgan fingerprint density at radius 2 is 1.62 bits per heavy atom. The lowest BCUT2D eigenvalue weighted by Gasteiger charge is -2.10. The van der Waals surface area contributed by atoms with Crippen LogP contribution in [0, 0.1) is 0 Å². The molecular weight excluding hydrogens is 141 g/mol. The van der Waals surface area contributed by atoms with E-state index >= 15 is 0 Å². The van der Waals surface area contributed by atoms with Gasteiger partial charge in [-0.2, -0.15) is 8.78 Å². The summed E-state index contributed by atoms with van der Waals surface area (Å²) in [5.41, 5.74) is -3.90. The average Bonchev–Trinajstić information content (AvgIpc) is 1.25. The average molecular weight is 146 g/mol. The Kier molecular flexibility index (Phi) is 1.76. The molecule has 8 heavy (non-hydrogen) atoms. The summed E-state index contributed by atoms with van der Waals surface area (Å²) in [6, 6.07) is 0. The molecule has 3 nitrogen and oxygen atoms in total. The van der Waals surface area contributed by atoms with Gasteiger partial charge in [0.2, 0.25) is 0 Å². The maximum Gasteiger partial charge on any atom is 0.394 e. The van der Waals surface area contributed by atoms with Gasteiger partial charge in [0, 0.05) is 6.92 Å². The van der Waals surface area contributed by atoms with Crippen molar-refractivity contribution in [2.75, 3.05) is 0 Å². The van der Waals surface area contributed by atoms with Gasteiger partial charge in [0.05, 0.1) is 0 Å². The van der Waals surface area contributed by atoms with Crippen LogP contribution in [-0.4, -0.2) is 15.5 Å². The summed E-state index contributed by atoms with van der Waals surface area (Å²) in [4.78, 5) is 15.4. The van der Waals surface area contributed by atoms with Crippen LogP contribution in [0.3, 0.4) is 0 Å². The quantitative estimate of drug-likeness (QED) is 0.537. The number of hydrogen-bond donors (Lipinski definition) is 2. The number of halogens is 2. The molecule has 0 radical (unpaired) electrons. The summed E-state index contributed by atoms with van der Waals surface area (Å²) < 4.78 is 32.5. The van der Waals surface area contributed by atoms with Crippen molar-refractivity contribution in [2.24, 2.45) is 0 Å². The predicted molar refractivity (Wildman–Crippen MR) is 22.7 cm³/mol. The lowest BCUT2D eigenvalue weighted by molar-refractivity contribution is 0.0786. The summed E-state index contributed by atoms with van der Waals surface area (Å²) in [5, 5.41) is 0. The third kappa shape index (κ3) is 1.86. The van der Waals surface area contributed by atoms with Crippen LogP contribution in [0.25, 0.3) is 0 Å². The first-order chi connectivity index (χ1) is 3.25. The van der Waals surface area contributed by atoms with E-state index in [4.69, 9.17) is 9.79 Å². The molecule has 0 aromatic carbocycles. The molecule has 0 aliphatic carbocycles. The highest BCUT2D eigenvalue weighted by molar-refractivity contribution is 7.53. The van der Waals surface area contributed by atoms with Crippen molar-refractivity contribution in [1.29, 1.82) is 0 Å². The zero-order chi connectivity index (χ0) is 7.00. The highest BCUT2D eigenvalue weighted by Gasteiger charge is 2.42. The topological polar surface area (TPSA) is 57.5 Å². The van der Waals surface area contributed by atoms with Crippen LogP contribution < -0.4 is 0 Å². The number of alkyl halides is 2. The minimum absolute atomic E-state index is 0.174. The van der Waals surface area contributed by atoms with Crippen molar-refractivity contribution in [3.8, 4) is 0 Å². The maximum absolute atomic E-state index is 11.5. The van der Waals surface area contributed by atoms with Crippen LogP contribution in [0.5, 0.6) is 0 Å². The van der Waals surface area contributed by atoms with E-state index in [0.717, 1.165) is 0 Å². The molecule has 0 bridgehead atoms. The summed E-state index contributed by atoms with van der Waals surface area (Å²) >= 11 is 0. The summed E-state index contributed by atoms with van der Waals surface area (Å²) in [7, 11) is -5.18. The van der Waals surface area contributed by atoms with Gasteiger partial charge in [-0.1, -0.05) is 0 Å². The van der Waals surface area contributed by atoms with Crippen LogP contribution >= 0.6 is 7.60 Å². The summed E-state index contributed by atoms with van der Waals surface area (Å²) in [5.74, 6) is 0. The lowest BCUT2D eigenvalue weighted by atomic mass is 10.9. The highest BCUT2D eigenvalue weighted by Crippen LogP contribution is 2.52. The Morgan fingerprint density at radius 3 is 1.62 bits per heavy atom. The molecule has 6 heteroatoms. The molecule has 0 aliphatic rings. The van der Waals surface area contributed by atoms with Gasteiger partial charge in [0.1, 0.15) is 0 Å². The van der Waals surface area contributed by atoms with E-state index < -0.39 is 13.3 Å². The molecule has 2 N–H and O–H groups in total. The Morgan fingerprint density at radius 1 is 1.50 bits per heavy atom. The smallest absolute Gasteiger partial charge is 0.320 e. The molecule has 0 heterocycles. The van der Waals surface area contributed by atoms with E-state index in [0.29, 0.717) is 0 Å². The molecule has 0 aromatic rings. The molecule has 0 rings (SSSR count). The third-order valence-electron chi connectivity index (χ3n) is 0.511. The van der Waals surface area contributed by atoms with E-state index in [9.17, 15) is 13.3 Å². The Hall–Kier alpha value is 0.01000. The summed E-state index contributed by atoms with van der Waals surface area (Å²) in [6.07, 6.45) is 0. The monoisotopic (exact) mass is 146 g/mol. The van der Waals surface area contributed by atoms with Crippen LogP contribution in [0.2, 0.25) is 0 Å². The minimum atomic E-state index is -5.18. The van der Waals surface area contributed by atoms with Crippen molar-refractivity contribution >= 4 is 7.60 Å². The van der Waals surface area contributed by atoms with E-state index in [2.05, 4.69) is 0 Å². The molecule has 0 aliphatic heterocycles. The SMILES string of the molecule is CC(F)(F)P(=O)(O)O. The van der Waals surface area contributed by atoms with Gasteiger partial charge in [-0.05, 0) is 0 Å². The molecule has 0 fully saturated rings. The molecule has 0 spiro atoms. The van der Waals surface area contributed by atoms with E-state index in [1.807, 2.05) is 0 Å². The summed E-state index contributed by atoms with van der Waals surface area (Å²) in [6.45, 7) is 0.174.